The van der Waals surface area contributed by atoms with E-state index in [0.29, 0.717) is 13.0 Å². The van der Waals surface area contributed by atoms with E-state index in [1.807, 2.05) is 0 Å². The Balaban J connectivity index is 1.86. The first-order chi connectivity index (χ1) is 7.15. The summed E-state index contributed by atoms with van der Waals surface area (Å²) in [4.78, 5) is 2.42. The summed E-state index contributed by atoms with van der Waals surface area (Å²) in [5, 5.41) is 10.4. The Kier molecular flexibility index (Phi) is 3.30. The normalized spacial score (nSPS) is 38.2. The summed E-state index contributed by atoms with van der Waals surface area (Å²) in [5.41, 5.74) is 5.36. The average molecular weight is 214 g/mol. The van der Waals surface area contributed by atoms with Gasteiger partial charge < -0.3 is 15.6 Å². The van der Waals surface area contributed by atoms with Gasteiger partial charge in [-0.25, -0.2) is 0 Å². The van der Waals surface area contributed by atoms with E-state index in [9.17, 15) is 5.11 Å². The van der Waals surface area contributed by atoms with Crippen molar-refractivity contribution in [1.29, 1.82) is 0 Å². The first-order valence-corrected chi connectivity index (χ1v) is 5.87. The van der Waals surface area contributed by atoms with Gasteiger partial charge in [-0.1, -0.05) is 0 Å². The zero-order chi connectivity index (χ0) is 10.9. The summed E-state index contributed by atoms with van der Waals surface area (Å²) in [6.45, 7) is 2.41. The van der Waals surface area contributed by atoms with Gasteiger partial charge in [-0.3, -0.25) is 4.90 Å². The molecule has 0 aromatic rings. The van der Waals surface area contributed by atoms with E-state index in [2.05, 4.69) is 4.90 Å². The van der Waals surface area contributed by atoms with Gasteiger partial charge in [0, 0.05) is 45.3 Å². The molecule has 1 aliphatic heterocycles. The first kappa shape index (κ1) is 11.3. The van der Waals surface area contributed by atoms with Gasteiger partial charge in [-0.05, 0) is 19.3 Å². The van der Waals surface area contributed by atoms with E-state index < -0.39 is 5.60 Å². The molecule has 2 aliphatic rings. The molecular weight excluding hydrogens is 192 g/mol. The summed E-state index contributed by atoms with van der Waals surface area (Å²) in [6.07, 6.45) is 4.06. The van der Waals surface area contributed by atoms with Crippen LogP contribution in [0.1, 0.15) is 25.7 Å². The van der Waals surface area contributed by atoms with Gasteiger partial charge in [0.1, 0.15) is 0 Å². The second kappa shape index (κ2) is 4.37. The highest BCUT2D eigenvalue weighted by molar-refractivity contribution is 4.99. The van der Waals surface area contributed by atoms with Gasteiger partial charge in [-0.15, -0.1) is 0 Å². The van der Waals surface area contributed by atoms with Crippen LogP contribution < -0.4 is 5.73 Å². The number of aliphatic hydroxyl groups is 1. The lowest BCUT2D eigenvalue weighted by molar-refractivity contribution is -0.0584. The molecule has 0 aromatic heterocycles. The average Bonchev–Trinajstić information content (AvgIpc) is 3.03. The van der Waals surface area contributed by atoms with Crippen molar-refractivity contribution in [1.82, 2.24) is 4.90 Å². The highest BCUT2D eigenvalue weighted by Crippen LogP contribution is 2.33. The topological polar surface area (TPSA) is 58.7 Å². The van der Waals surface area contributed by atoms with Crippen LogP contribution in [0.4, 0.5) is 0 Å². The number of hydrogen-bond donors (Lipinski definition) is 2. The minimum absolute atomic E-state index is 0.123. The molecule has 1 heterocycles. The monoisotopic (exact) mass is 214 g/mol. The maximum Gasteiger partial charge on any atom is 0.0844 e. The lowest BCUT2D eigenvalue weighted by atomic mass is 9.84. The quantitative estimate of drug-likeness (QED) is 0.689. The number of nitrogens with zero attached hydrogens (tertiary/aromatic N) is 1. The van der Waals surface area contributed by atoms with Gasteiger partial charge in [0.05, 0.1) is 5.60 Å². The molecule has 2 atom stereocenters. The van der Waals surface area contributed by atoms with Gasteiger partial charge >= 0.3 is 0 Å². The van der Waals surface area contributed by atoms with Crippen LogP contribution in [0.25, 0.3) is 0 Å². The molecule has 2 fully saturated rings. The number of likely N-dealkylation sites (tertiary alicyclic amines) is 1. The SMILES string of the molecule is COCCC1(O)CCN(C2CC2)CC1N. The second-order valence-corrected chi connectivity index (χ2v) is 4.93. The Morgan fingerprint density at radius 3 is 2.80 bits per heavy atom. The van der Waals surface area contributed by atoms with Crippen LogP contribution in [0.5, 0.6) is 0 Å². The zero-order valence-electron chi connectivity index (χ0n) is 9.48. The number of hydrogen-bond acceptors (Lipinski definition) is 4. The Morgan fingerprint density at radius 1 is 1.53 bits per heavy atom. The second-order valence-electron chi connectivity index (χ2n) is 4.93. The summed E-state index contributed by atoms with van der Waals surface area (Å²) in [7, 11) is 1.66. The van der Waals surface area contributed by atoms with Crippen LogP contribution in [0.3, 0.4) is 0 Å². The number of piperidine rings is 1. The van der Waals surface area contributed by atoms with Crippen molar-refractivity contribution in [2.24, 2.45) is 5.73 Å². The van der Waals surface area contributed by atoms with Crippen molar-refractivity contribution in [2.45, 2.75) is 43.4 Å². The molecule has 3 N–H and O–H groups in total. The van der Waals surface area contributed by atoms with Crippen molar-refractivity contribution >= 4 is 0 Å². The molecular formula is C11H22N2O2. The van der Waals surface area contributed by atoms with Crippen molar-refractivity contribution in [3.63, 3.8) is 0 Å². The highest BCUT2D eigenvalue weighted by atomic mass is 16.5. The van der Waals surface area contributed by atoms with Crippen molar-refractivity contribution in [3.05, 3.63) is 0 Å². The summed E-state index contributed by atoms with van der Waals surface area (Å²) < 4.78 is 5.02. The van der Waals surface area contributed by atoms with E-state index in [4.69, 9.17) is 10.5 Å². The lowest BCUT2D eigenvalue weighted by Gasteiger charge is -2.43. The van der Waals surface area contributed by atoms with Crippen LogP contribution in [0, 0.1) is 0 Å². The third-order valence-electron chi connectivity index (χ3n) is 3.76. The fraction of sp³-hybridized carbons (Fsp3) is 1.00. The lowest BCUT2D eigenvalue weighted by Crippen LogP contribution is -2.60. The largest absolute Gasteiger partial charge is 0.388 e. The van der Waals surface area contributed by atoms with Crippen LogP contribution in [0.15, 0.2) is 0 Å². The van der Waals surface area contributed by atoms with E-state index in [0.717, 1.165) is 25.6 Å². The summed E-state index contributed by atoms with van der Waals surface area (Å²) in [5.74, 6) is 0. The molecule has 1 saturated carbocycles. The zero-order valence-corrected chi connectivity index (χ0v) is 9.48. The number of methoxy groups -OCH3 is 1. The minimum Gasteiger partial charge on any atom is -0.388 e. The fourth-order valence-electron chi connectivity index (χ4n) is 2.40. The molecule has 2 unspecified atom stereocenters. The van der Waals surface area contributed by atoms with Gasteiger partial charge in [0.2, 0.25) is 0 Å². The van der Waals surface area contributed by atoms with Crippen LogP contribution in [-0.4, -0.2) is 54.5 Å². The van der Waals surface area contributed by atoms with Gasteiger partial charge in [0.25, 0.3) is 0 Å². The summed E-state index contributed by atoms with van der Waals surface area (Å²) in [6, 6.07) is 0.630. The summed E-state index contributed by atoms with van der Waals surface area (Å²) >= 11 is 0. The van der Waals surface area contributed by atoms with E-state index in [-0.39, 0.29) is 6.04 Å². The molecule has 15 heavy (non-hydrogen) atoms. The van der Waals surface area contributed by atoms with Crippen LogP contribution >= 0.6 is 0 Å². The Labute approximate surface area is 91.4 Å². The maximum absolute atomic E-state index is 10.4. The van der Waals surface area contributed by atoms with Crippen molar-refractivity contribution in [2.75, 3.05) is 26.8 Å². The van der Waals surface area contributed by atoms with E-state index in [1.54, 1.807) is 7.11 Å². The maximum atomic E-state index is 10.4. The molecule has 1 saturated heterocycles. The van der Waals surface area contributed by atoms with E-state index in [1.165, 1.54) is 12.8 Å². The molecule has 2 rings (SSSR count). The molecule has 4 nitrogen and oxygen atoms in total. The molecule has 0 spiro atoms. The van der Waals surface area contributed by atoms with E-state index >= 15 is 0 Å². The first-order valence-electron chi connectivity index (χ1n) is 5.87. The molecule has 0 bridgehead atoms. The Bertz CT molecular complexity index is 221. The fourth-order valence-corrected chi connectivity index (χ4v) is 2.40. The molecule has 88 valence electrons. The minimum atomic E-state index is -0.707. The highest BCUT2D eigenvalue weighted by Gasteiger charge is 2.42. The predicted octanol–water partition coefficient (Wildman–Crippen LogP) is -0.0506. The molecule has 0 amide bonds. The standard InChI is InChI=1S/C11H22N2O2/c1-15-7-5-11(14)4-6-13(8-10(11)12)9-2-3-9/h9-10,14H,2-8,12H2,1H3. The third kappa shape index (κ3) is 2.50. The molecule has 1 aliphatic carbocycles. The number of rotatable bonds is 4. The van der Waals surface area contributed by atoms with Crippen molar-refractivity contribution in [3.8, 4) is 0 Å². The predicted molar refractivity (Wildman–Crippen MR) is 58.6 cm³/mol. The molecule has 4 heteroatoms. The van der Waals surface area contributed by atoms with Crippen LogP contribution in [-0.2, 0) is 4.74 Å². The Morgan fingerprint density at radius 2 is 2.27 bits per heavy atom. The number of ether oxygens (including phenoxy) is 1. The smallest absolute Gasteiger partial charge is 0.0844 e. The van der Waals surface area contributed by atoms with Gasteiger partial charge in [0.15, 0.2) is 0 Å². The Hall–Kier alpha value is -0.160. The van der Waals surface area contributed by atoms with Crippen LogP contribution in [0.2, 0.25) is 0 Å². The molecule has 0 aromatic carbocycles. The number of nitrogens with two attached hydrogens (primary N) is 1. The van der Waals surface area contributed by atoms with Gasteiger partial charge in [-0.2, -0.15) is 0 Å². The van der Waals surface area contributed by atoms with Crippen molar-refractivity contribution < 1.29 is 9.84 Å². The third-order valence-corrected chi connectivity index (χ3v) is 3.76. The molecule has 0 radical (unpaired) electrons.